The molecule has 0 spiro atoms. The molecule has 2 aliphatic heterocycles. The number of rotatable bonds is 3. The fourth-order valence-corrected chi connectivity index (χ4v) is 2.53. The summed E-state index contributed by atoms with van der Waals surface area (Å²) in [6.45, 7) is 2.30. The molecule has 0 saturated carbocycles. The van der Waals surface area contributed by atoms with Crippen molar-refractivity contribution in [3.8, 4) is 0 Å². The molecule has 0 aliphatic carbocycles. The zero-order valence-corrected chi connectivity index (χ0v) is 10.7. The Bertz CT molecular complexity index is 298. The van der Waals surface area contributed by atoms with Crippen molar-refractivity contribution in [1.82, 2.24) is 9.80 Å². The fraction of sp³-hybridized carbons (Fsp3) is 0.818. The molecule has 17 heavy (non-hydrogen) atoms. The molecule has 98 valence electrons. The fourth-order valence-electron chi connectivity index (χ4n) is 2.53. The lowest BCUT2D eigenvalue weighted by Crippen LogP contribution is -2.45. The second-order valence-electron chi connectivity index (χ2n) is 4.54. The number of carbonyl (C=O) groups is 2. The van der Waals surface area contributed by atoms with Crippen molar-refractivity contribution < 1.29 is 9.59 Å². The minimum atomic E-state index is 0. The van der Waals surface area contributed by atoms with Crippen LogP contribution in [0.25, 0.3) is 0 Å². The van der Waals surface area contributed by atoms with Crippen molar-refractivity contribution in [2.24, 2.45) is 5.73 Å². The van der Waals surface area contributed by atoms with Gasteiger partial charge in [-0.3, -0.25) is 9.59 Å². The summed E-state index contributed by atoms with van der Waals surface area (Å²) in [5.74, 6) is 0.167. The van der Waals surface area contributed by atoms with Gasteiger partial charge in [-0.15, -0.1) is 12.4 Å². The zero-order chi connectivity index (χ0) is 11.5. The zero-order valence-electron chi connectivity index (χ0n) is 9.93. The van der Waals surface area contributed by atoms with Gasteiger partial charge in [0.05, 0.1) is 6.54 Å². The van der Waals surface area contributed by atoms with E-state index >= 15 is 0 Å². The normalized spacial score (nSPS) is 24.1. The van der Waals surface area contributed by atoms with Gasteiger partial charge in [-0.25, -0.2) is 0 Å². The van der Waals surface area contributed by atoms with Crippen LogP contribution >= 0.6 is 12.4 Å². The highest BCUT2D eigenvalue weighted by atomic mass is 35.5. The highest BCUT2D eigenvalue weighted by Gasteiger charge is 2.30. The summed E-state index contributed by atoms with van der Waals surface area (Å²) < 4.78 is 0. The largest absolute Gasteiger partial charge is 0.337 e. The molecule has 2 fully saturated rings. The Morgan fingerprint density at radius 1 is 1.35 bits per heavy atom. The van der Waals surface area contributed by atoms with Crippen molar-refractivity contribution >= 4 is 24.2 Å². The maximum atomic E-state index is 12.0. The van der Waals surface area contributed by atoms with Crippen LogP contribution in [0.3, 0.4) is 0 Å². The molecule has 6 heteroatoms. The molecule has 0 radical (unpaired) electrons. The third-order valence-electron chi connectivity index (χ3n) is 3.47. The first-order valence-corrected chi connectivity index (χ1v) is 5.99. The third kappa shape index (κ3) is 3.10. The van der Waals surface area contributed by atoms with Crippen molar-refractivity contribution in [3.63, 3.8) is 0 Å². The van der Waals surface area contributed by atoms with Gasteiger partial charge in [0.15, 0.2) is 0 Å². The van der Waals surface area contributed by atoms with E-state index in [0.29, 0.717) is 13.0 Å². The molecule has 2 rings (SSSR count). The number of nitrogens with zero attached hydrogens (tertiary/aromatic N) is 2. The molecule has 5 nitrogen and oxygen atoms in total. The topological polar surface area (TPSA) is 66.6 Å². The molecule has 2 aliphatic rings. The third-order valence-corrected chi connectivity index (χ3v) is 3.47. The van der Waals surface area contributed by atoms with Gasteiger partial charge in [0.2, 0.25) is 11.8 Å². The Hall–Kier alpha value is -0.810. The molecule has 1 atom stereocenters. The monoisotopic (exact) mass is 261 g/mol. The van der Waals surface area contributed by atoms with E-state index in [1.807, 2.05) is 4.90 Å². The van der Waals surface area contributed by atoms with Crippen LogP contribution < -0.4 is 5.73 Å². The molecule has 2 N–H and O–H groups in total. The first-order valence-electron chi connectivity index (χ1n) is 5.99. The minimum absolute atomic E-state index is 0. The van der Waals surface area contributed by atoms with Crippen LogP contribution in [0.2, 0.25) is 0 Å². The smallest absolute Gasteiger partial charge is 0.242 e. The number of carbonyl (C=O) groups excluding carboxylic acids is 2. The molecule has 0 bridgehead atoms. The van der Waals surface area contributed by atoms with Gasteiger partial charge < -0.3 is 15.5 Å². The molecule has 0 aromatic carbocycles. The van der Waals surface area contributed by atoms with Crippen molar-refractivity contribution in [1.29, 1.82) is 0 Å². The number of likely N-dealkylation sites (tertiary alicyclic amines) is 2. The summed E-state index contributed by atoms with van der Waals surface area (Å²) in [5.41, 5.74) is 5.62. The second kappa shape index (κ2) is 6.21. The summed E-state index contributed by atoms with van der Waals surface area (Å²) in [5, 5.41) is 0. The number of nitrogens with two attached hydrogens (primary N) is 1. The van der Waals surface area contributed by atoms with Crippen LogP contribution in [0.15, 0.2) is 0 Å². The quantitative estimate of drug-likeness (QED) is 0.777. The number of halogens is 1. The summed E-state index contributed by atoms with van der Waals surface area (Å²) >= 11 is 0. The van der Waals surface area contributed by atoms with Crippen LogP contribution in [-0.2, 0) is 9.59 Å². The van der Waals surface area contributed by atoms with E-state index in [4.69, 9.17) is 5.73 Å². The van der Waals surface area contributed by atoms with E-state index in [9.17, 15) is 9.59 Å². The van der Waals surface area contributed by atoms with Crippen molar-refractivity contribution in [2.45, 2.75) is 31.7 Å². The lowest BCUT2D eigenvalue weighted by molar-refractivity contribution is -0.138. The van der Waals surface area contributed by atoms with Gasteiger partial charge in [0, 0.05) is 32.1 Å². The summed E-state index contributed by atoms with van der Waals surface area (Å²) in [6.07, 6.45) is 3.50. The number of hydrogen-bond donors (Lipinski definition) is 1. The van der Waals surface area contributed by atoms with E-state index in [-0.39, 0.29) is 36.8 Å². The standard InChI is InChI=1S/C11H19N3O2.ClH/c12-7-9-3-1-6-14(9)11(16)8-13-5-2-4-10(13)15;/h9H,1-8,12H2;1H. The minimum Gasteiger partial charge on any atom is -0.337 e. The molecule has 2 saturated heterocycles. The lowest BCUT2D eigenvalue weighted by atomic mass is 10.2. The molecule has 0 aromatic heterocycles. The highest BCUT2D eigenvalue weighted by molar-refractivity contribution is 5.86. The predicted octanol–water partition coefficient (Wildman–Crippen LogP) is -0.0197. The van der Waals surface area contributed by atoms with E-state index in [1.165, 1.54) is 0 Å². The molecule has 1 unspecified atom stereocenters. The Balaban J connectivity index is 0.00000144. The van der Waals surface area contributed by atoms with Crippen LogP contribution in [-0.4, -0.2) is 53.8 Å². The van der Waals surface area contributed by atoms with Crippen molar-refractivity contribution in [2.75, 3.05) is 26.2 Å². The summed E-state index contributed by atoms with van der Waals surface area (Å²) in [7, 11) is 0. The molecule has 2 heterocycles. The number of amides is 2. The van der Waals surface area contributed by atoms with Gasteiger partial charge in [0.25, 0.3) is 0 Å². The first-order chi connectivity index (χ1) is 7.72. The maximum Gasteiger partial charge on any atom is 0.242 e. The molecule has 0 aromatic rings. The van der Waals surface area contributed by atoms with Crippen LogP contribution in [0.5, 0.6) is 0 Å². The van der Waals surface area contributed by atoms with E-state index in [1.54, 1.807) is 4.90 Å². The molecular weight excluding hydrogens is 242 g/mol. The Morgan fingerprint density at radius 2 is 2.12 bits per heavy atom. The maximum absolute atomic E-state index is 12.0. The van der Waals surface area contributed by atoms with Gasteiger partial charge in [-0.2, -0.15) is 0 Å². The predicted molar refractivity (Wildman–Crippen MR) is 66.9 cm³/mol. The van der Waals surface area contributed by atoms with Crippen LogP contribution in [0, 0.1) is 0 Å². The van der Waals surface area contributed by atoms with Gasteiger partial charge in [-0.1, -0.05) is 0 Å². The Kier molecular flexibility index (Phi) is 5.21. The van der Waals surface area contributed by atoms with E-state index < -0.39 is 0 Å². The lowest BCUT2D eigenvalue weighted by Gasteiger charge is -2.26. The average molecular weight is 262 g/mol. The Morgan fingerprint density at radius 3 is 2.71 bits per heavy atom. The number of hydrogen-bond acceptors (Lipinski definition) is 3. The van der Waals surface area contributed by atoms with Crippen LogP contribution in [0.4, 0.5) is 0 Å². The molecule has 2 amide bonds. The van der Waals surface area contributed by atoms with Gasteiger partial charge >= 0.3 is 0 Å². The summed E-state index contributed by atoms with van der Waals surface area (Å²) in [6, 6.07) is 0.185. The van der Waals surface area contributed by atoms with E-state index in [2.05, 4.69) is 0 Å². The van der Waals surface area contributed by atoms with Crippen LogP contribution in [0.1, 0.15) is 25.7 Å². The van der Waals surface area contributed by atoms with E-state index in [0.717, 1.165) is 32.4 Å². The van der Waals surface area contributed by atoms with Crippen molar-refractivity contribution in [3.05, 3.63) is 0 Å². The highest BCUT2D eigenvalue weighted by Crippen LogP contribution is 2.17. The van der Waals surface area contributed by atoms with Gasteiger partial charge in [0.1, 0.15) is 0 Å². The average Bonchev–Trinajstić information content (AvgIpc) is 2.87. The summed E-state index contributed by atoms with van der Waals surface area (Å²) in [4.78, 5) is 26.9. The Labute approximate surface area is 108 Å². The SMILES string of the molecule is Cl.NCC1CCCN1C(=O)CN1CCCC1=O. The van der Waals surface area contributed by atoms with Gasteiger partial charge in [-0.05, 0) is 19.3 Å². The first kappa shape index (κ1) is 14.3. The second-order valence-corrected chi connectivity index (χ2v) is 4.54. The molecular formula is C11H20ClN3O2.